The first-order valence-corrected chi connectivity index (χ1v) is 7.78. The van der Waals surface area contributed by atoms with Gasteiger partial charge in [0.1, 0.15) is 0 Å². The van der Waals surface area contributed by atoms with Gasteiger partial charge in [0.15, 0.2) is 0 Å². The lowest BCUT2D eigenvalue weighted by atomic mass is 9.92. The van der Waals surface area contributed by atoms with E-state index in [1.807, 2.05) is 0 Å². The summed E-state index contributed by atoms with van der Waals surface area (Å²) in [6.45, 7) is 7.07. The summed E-state index contributed by atoms with van der Waals surface area (Å²) in [5, 5.41) is 8.95. The fraction of sp³-hybridized carbons (Fsp3) is 0.647. The second-order valence-electron chi connectivity index (χ2n) is 6.11. The molecule has 1 N–H and O–H groups in total. The van der Waals surface area contributed by atoms with E-state index in [2.05, 4.69) is 54.1 Å². The summed E-state index contributed by atoms with van der Waals surface area (Å²) < 4.78 is 0. The van der Waals surface area contributed by atoms with E-state index in [-0.39, 0.29) is 0 Å². The van der Waals surface area contributed by atoms with Crippen molar-refractivity contribution in [2.24, 2.45) is 5.92 Å². The second-order valence-corrected chi connectivity index (χ2v) is 6.11. The third-order valence-corrected chi connectivity index (χ3v) is 4.43. The van der Waals surface area contributed by atoms with Gasteiger partial charge in [-0.1, -0.05) is 37.3 Å². The van der Waals surface area contributed by atoms with Crippen molar-refractivity contribution < 1.29 is 5.11 Å². The largest absolute Gasteiger partial charge is 0.396 e. The molecule has 2 rings (SSSR count). The van der Waals surface area contributed by atoms with Crippen LogP contribution < -0.4 is 0 Å². The highest BCUT2D eigenvalue weighted by Crippen LogP contribution is 2.22. The van der Waals surface area contributed by atoms with E-state index in [1.165, 1.54) is 25.1 Å². The quantitative estimate of drug-likeness (QED) is 0.863. The Morgan fingerprint density at radius 3 is 2.70 bits per heavy atom. The van der Waals surface area contributed by atoms with Gasteiger partial charge >= 0.3 is 0 Å². The molecule has 2 unspecified atom stereocenters. The minimum atomic E-state index is 0.297. The number of rotatable bonds is 6. The lowest BCUT2D eigenvalue weighted by molar-refractivity contribution is 0.0722. The van der Waals surface area contributed by atoms with Gasteiger partial charge in [0.05, 0.1) is 0 Å². The zero-order valence-corrected chi connectivity index (χ0v) is 12.8. The van der Waals surface area contributed by atoms with Gasteiger partial charge in [0.2, 0.25) is 0 Å². The second kappa shape index (κ2) is 7.77. The van der Waals surface area contributed by atoms with E-state index in [4.69, 9.17) is 5.11 Å². The van der Waals surface area contributed by atoms with Crippen LogP contribution in [0.25, 0.3) is 0 Å². The van der Waals surface area contributed by atoms with Crippen molar-refractivity contribution in [2.45, 2.75) is 32.4 Å². The molecule has 1 aromatic rings. The van der Waals surface area contributed by atoms with Crippen LogP contribution in [0.3, 0.4) is 0 Å². The highest BCUT2D eigenvalue weighted by atomic mass is 16.3. The molecule has 3 nitrogen and oxygen atoms in total. The van der Waals surface area contributed by atoms with Gasteiger partial charge in [-0.05, 0) is 37.9 Å². The number of aliphatic hydroxyl groups is 1. The van der Waals surface area contributed by atoms with E-state index >= 15 is 0 Å². The zero-order valence-electron chi connectivity index (χ0n) is 12.8. The smallest absolute Gasteiger partial charge is 0.0443 e. The fourth-order valence-corrected chi connectivity index (χ4v) is 3.35. The molecule has 1 fully saturated rings. The van der Waals surface area contributed by atoms with Crippen molar-refractivity contribution in [3.63, 3.8) is 0 Å². The van der Waals surface area contributed by atoms with Gasteiger partial charge in [-0.3, -0.25) is 4.90 Å². The Hall–Kier alpha value is -0.900. The van der Waals surface area contributed by atoms with Gasteiger partial charge < -0.3 is 10.0 Å². The van der Waals surface area contributed by atoms with Gasteiger partial charge in [0, 0.05) is 32.3 Å². The average molecular weight is 276 g/mol. The topological polar surface area (TPSA) is 26.7 Å². The Morgan fingerprint density at radius 2 is 2.05 bits per heavy atom. The van der Waals surface area contributed by atoms with Crippen LogP contribution in [-0.4, -0.2) is 54.2 Å². The molecule has 0 bridgehead atoms. The third kappa shape index (κ3) is 4.30. The first-order valence-electron chi connectivity index (χ1n) is 7.78. The molecular formula is C17H28N2O. The molecule has 1 heterocycles. The molecule has 0 amide bonds. The molecule has 20 heavy (non-hydrogen) atoms. The van der Waals surface area contributed by atoms with E-state index in [0.717, 1.165) is 19.5 Å². The first kappa shape index (κ1) is 15.5. The van der Waals surface area contributed by atoms with Gasteiger partial charge in [-0.2, -0.15) is 0 Å². The normalized spacial score (nSPS) is 24.2. The lowest BCUT2D eigenvalue weighted by Gasteiger charge is -2.41. The Labute approximate surface area is 123 Å². The van der Waals surface area contributed by atoms with Crippen LogP contribution in [0.4, 0.5) is 0 Å². The summed E-state index contributed by atoms with van der Waals surface area (Å²) in [4.78, 5) is 5.00. The molecule has 0 aliphatic carbocycles. The van der Waals surface area contributed by atoms with E-state index in [1.54, 1.807) is 0 Å². The van der Waals surface area contributed by atoms with Crippen LogP contribution in [-0.2, 0) is 6.54 Å². The number of nitrogens with zero attached hydrogens (tertiary/aromatic N) is 2. The zero-order chi connectivity index (χ0) is 14.4. The number of piperidine rings is 1. The lowest BCUT2D eigenvalue weighted by Crippen LogP contribution is -2.48. The van der Waals surface area contributed by atoms with E-state index in [9.17, 15) is 0 Å². The van der Waals surface area contributed by atoms with Gasteiger partial charge in [-0.25, -0.2) is 0 Å². The predicted molar refractivity (Wildman–Crippen MR) is 83.6 cm³/mol. The Bertz CT molecular complexity index is 382. The first-order chi connectivity index (χ1) is 9.70. The summed E-state index contributed by atoms with van der Waals surface area (Å²) in [5.74, 6) is 0.691. The van der Waals surface area contributed by atoms with E-state index in [0.29, 0.717) is 18.6 Å². The fourth-order valence-electron chi connectivity index (χ4n) is 3.35. The van der Waals surface area contributed by atoms with Crippen molar-refractivity contribution in [1.82, 2.24) is 9.80 Å². The molecule has 0 spiro atoms. The predicted octanol–water partition coefficient (Wildman–Crippen LogP) is 2.21. The molecule has 2 atom stereocenters. The van der Waals surface area contributed by atoms with Crippen LogP contribution in [0.2, 0.25) is 0 Å². The summed E-state index contributed by atoms with van der Waals surface area (Å²) in [6, 6.07) is 11.4. The molecule has 1 saturated heterocycles. The van der Waals surface area contributed by atoms with Crippen LogP contribution in [0, 0.1) is 5.92 Å². The van der Waals surface area contributed by atoms with Gasteiger partial charge in [0.25, 0.3) is 0 Å². The van der Waals surface area contributed by atoms with E-state index < -0.39 is 0 Å². The van der Waals surface area contributed by atoms with Crippen molar-refractivity contribution >= 4 is 0 Å². The minimum Gasteiger partial charge on any atom is -0.396 e. The maximum absolute atomic E-state index is 8.95. The summed E-state index contributed by atoms with van der Waals surface area (Å²) in [7, 11) is 2.20. The highest BCUT2D eigenvalue weighted by molar-refractivity contribution is 5.14. The monoisotopic (exact) mass is 276 g/mol. The summed E-state index contributed by atoms with van der Waals surface area (Å²) >= 11 is 0. The van der Waals surface area contributed by atoms with Crippen LogP contribution >= 0.6 is 0 Å². The highest BCUT2D eigenvalue weighted by Gasteiger charge is 2.28. The number of likely N-dealkylation sites (tertiary alicyclic amines) is 1. The molecule has 0 radical (unpaired) electrons. The van der Waals surface area contributed by atoms with Crippen LogP contribution in [0.5, 0.6) is 0 Å². The van der Waals surface area contributed by atoms with Crippen molar-refractivity contribution in [3.8, 4) is 0 Å². The molecular weight excluding hydrogens is 248 g/mol. The number of hydrogen-bond acceptors (Lipinski definition) is 3. The number of aliphatic hydroxyl groups excluding tert-OH is 1. The molecule has 3 heteroatoms. The molecule has 1 aromatic carbocycles. The Kier molecular flexibility index (Phi) is 6.02. The van der Waals surface area contributed by atoms with Crippen LogP contribution in [0.1, 0.15) is 25.3 Å². The SMILES string of the molecule is CC1CN(Cc2ccccc2)CCC1N(C)CCCO. The van der Waals surface area contributed by atoms with Gasteiger partial charge in [-0.15, -0.1) is 0 Å². The maximum Gasteiger partial charge on any atom is 0.0443 e. The Balaban J connectivity index is 1.82. The molecule has 1 aliphatic rings. The number of benzene rings is 1. The third-order valence-electron chi connectivity index (χ3n) is 4.43. The Morgan fingerprint density at radius 1 is 1.30 bits per heavy atom. The molecule has 1 aliphatic heterocycles. The molecule has 0 saturated carbocycles. The van der Waals surface area contributed by atoms with Crippen molar-refractivity contribution in [3.05, 3.63) is 35.9 Å². The summed E-state index contributed by atoms with van der Waals surface area (Å²) in [6.07, 6.45) is 2.11. The standard InChI is InChI=1S/C17H28N2O/c1-15-13-19(14-16-7-4-3-5-8-16)11-9-17(15)18(2)10-6-12-20/h3-5,7-8,15,17,20H,6,9-14H2,1-2H3. The molecule has 112 valence electrons. The molecule has 0 aromatic heterocycles. The van der Waals surface area contributed by atoms with Crippen LogP contribution in [0.15, 0.2) is 30.3 Å². The van der Waals surface area contributed by atoms with Crippen molar-refractivity contribution in [2.75, 3.05) is 33.3 Å². The average Bonchev–Trinajstić information content (AvgIpc) is 2.46. The number of hydrogen-bond donors (Lipinski definition) is 1. The minimum absolute atomic E-state index is 0.297. The summed E-state index contributed by atoms with van der Waals surface area (Å²) in [5.41, 5.74) is 1.41. The maximum atomic E-state index is 8.95. The van der Waals surface area contributed by atoms with Crippen molar-refractivity contribution in [1.29, 1.82) is 0 Å².